The Hall–Kier alpha value is -0.610. The summed E-state index contributed by atoms with van der Waals surface area (Å²) in [5.41, 5.74) is 5.61. The fourth-order valence-corrected chi connectivity index (χ4v) is 3.13. The van der Waals surface area contributed by atoms with Gasteiger partial charge in [0.05, 0.1) is 0 Å². The van der Waals surface area contributed by atoms with Crippen LogP contribution in [0.4, 0.5) is 0 Å². The smallest absolute Gasteiger partial charge is 0.224 e. The highest BCUT2D eigenvalue weighted by atomic mass is 16.1. The van der Waals surface area contributed by atoms with Crippen molar-refractivity contribution < 1.29 is 4.79 Å². The van der Waals surface area contributed by atoms with E-state index in [9.17, 15) is 4.79 Å². The Morgan fingerprint density at radius 3 is 3.00 bits per heavy atom. The van der Waals surface area contributed by atoms with Crippen molar-refractivity contribution in [2.75, 3.05) is 19.6 Å². The molecule has 2 rings (SSSR count). The van der Waals surface area contributed by atoms with Gasteiger partial charge in [-0.05, 0) is 38.6 Å². The van der Waals surface area contributed by atoms with Crippen molar-refractivity contribution in [2.24, 2.45) is 11.7 Å². The van der Waals surface area contributed by atoms with E-state index in [0.717, 1.165) is 25.8 Å². The second-order valence-electron chi connectivity index (χ2n) is 5.40. The van der Waals surface area contributed by atoms with Crippen LogP contribution in [0.2, 0.25) is 0 Å². The zero-order valence-corrected chi connectivity index (χ0v) is 10.8. The van der Waals surface area contributed by atoms with E-state index in [1.54, 1.807) is 0 Å². The van der Waals surface area contributed by atoms with Crippen molar-refractivity contribution in [3.8, 4) is 0 Å². The van der Waals surface area contributed by atoms with Crippen LogP contribution in [0.25, 0.3) is 0 Å². The Morgan fingerprint density at radius 2 is 2.29 bits per heavy atom. The van der Waals surface area contributed by atoms with Crippen LogP contribution in [-0.2, 0) is 4.79 Å². The summed E-state index contributed by atoms with van der Waals surface area (Å²) in [6.07, 6.45) is 5.70. The van der Waals surface area contributed by atoms with E-state index in [-0.39, 0.29) is 11.8 Å². The topological polar surface area (TPSA) is 58.4 Å². The zero-order chi connectivity index (χ0) is 12.3. The van der Waals surface area contributed by atoms with Gasteiger partial charge >= 0.3 is 0 Å². The van der Waals surface area contributed by atoms with Gasteiger partial charge in [0.15, 0.2) is 0 Å². The molecule has 17 heavy (non-hydrogen) atoms. The molecule has 3 atom stereocenters. The number of rotatable bonds is 4. The molecule has 0 aromatic rings. The molecule has 0 saturated carbocycles. The van der Waals surface area contributed by atoms with Crippen molar-refractivity contribution >= 4 is 5.91 Å². The number of hydrogen-bond donors (Lipinski definition) is 2. The predicted octanol–water partition coefficient (Wildman–Crippen LogP) is 0.714. The van der Waals surface area contributed by atoms with E-state index in [1.807, 2.05) is 6.92 Å². The first kappa shape index (κ1) is 12.8. The van der Waals surface area contributed by atoms with Crippen LogP contribution in [0.5, 0.6) is 0 Å². The fourth-order valence-electron chi connectivity index (χ4n) is 3.13. The lowest BCUT2D eigenvalue weighted by molar-refractivity contribution is -0.125. The Bertz CT molecular complexity index is 265. The van der Waals surface area contributed by atoms with Crippen LogP contribution in [0.1, 0.15) is 39.0 Å². The molecule has 98 valence electrons. The van der Waals surface area contributed by atoms with E-state index in [4.69, 9.17) is 5.73 Å². The second kappa shape index (κ2) is 5.83. The van der Waals surface area contributed by atoms with E-state index in [2.05, 4.69) is 10.2 Å². The lowest BCUT2D eigenvalue weighted by Gasteiger charge is -2.35. The SMILES string of the molecule is CCC(CN)C(=O)NC1CCN2CCCC2C1. The van der Waals surface area contributed by atoms with E-state index < -0.39 is 0 Å². The first-order valence-electron chi connectivity index (χ1n) is 6.99. The van der Waals surface area contributed by atoms with Crippen LogP contribution in [0, 0.1) is 5.92 Å². The summed E-state index contributed by atoms with van der Waals surface area (Å²) in [7, 11) is 0. The Labute approximate surface area is 104 Å². The number of amides is 1. The van der Waals surface area contributed by atoms with E-state index in [1.165, 1.54) is 19.4 Å². The van der Waals surface area contributed by atoms with Gasteiger partial charge in [0, 0.05) is 31.1 Å². The average molecular weight is 239 g/mol. The molecule has 1 amide bonds. The number of nitrogens with two attached hydrogens (primary N) is 1. The molecule has 3 unspecified atom stereocenters. The van der Waals surface area contributed by atoms with Crippen molar-refractivity contribution in [1.82, 2.24) is 10.2 Å². The van der Waals surface area contributed by atoms with Crippen molar-refractivity contribution in [2.45, 2.75) is 51.1 Å². The molecule has 2 saturated heterocycles. The molecule has 2 aliphatic heterocycles. The van der Waals surface area contributed by atoms with Crippen LogP contribution >= 0.6 is 0 Å². The zero-order valence-electron chi connectivity index (χ0n) is 10.8. The molecule has 0 aliphatic carbocycles. The van der Waals surface area contributed by atoms with Gasteiger partial charge in [0.2, 0.25) is 5.91 Å². The number of hydrogen-bond acceptors (Lipinski definition) is 3. The molecular weight excluding hydrogens is 214 g/mol. The third kappa shape index (κ3) is 2.99. The highest BCUT2D eigenvalue weighted by molar-refractivity contribution is 5.79. The molecule has 0 aromatic carbocycles. The van der Waals surface area contributed by atoms with Crippen LogP contribution in [-0.4, -0.2) is 42.5 Å². The normalized spacial score (nSPS) is 30.9. The van der Waals surface area contributed by atoms with Gasteiger partial charge in [-0.25, -0.2) is 0 Å². The quantitative estimate of drug-likeness (QED) is 0.760. The number of nitrogens with one attached hydrogen (secondary N) is 1. The Morgan fingerprint density at radius 1 is 1.47 bits per heavy atom. The Kier molecular flexibility index (Phi) is 4.40. The fraction of sp³-hybridized carbons (Fsp3) is 0.923. The van der Waals surface area contributed by atoms with Gasteiger partial charge in [0.1, 0.15) is 0 Å². The molecule has 3 N–H and O–H groups in total. The maximum atomic E-state index is 12.0. The average Bonchev–Trinajstić information content (AvgIpc) is 2.77. The summed E-state index contributed by atoms with van der Waals surface area (Å²) in [4.78, 5) is 14.5. The van der Waals surface area contributed by atoms with Crippen molar-refractivity contribution in [3.05, 3.63) is 0 Å². The molecule has 2 aliphatic rings. The van der Waals surface area contributed by atoms with Crippen LogP contribution in [0.15, 0.2) is 0 Å². The minimum atomic E-state index is -0.00314. The standard InChI is InChI=1S/C13H25N3O/c1-2-10(9-14)13(17)15-11-5-7-16-6-3-4-12(16)8-11/h10-12H,2-9,14H2,1H3,(H,15,17). The first-order chi connectivity index (χ1) is 8.24. The van der Waals surface area contributed by atoms with Gasteiger partial charge in [-0.1, -0.05) is 6.92 Å². The minimum absolute atomic E-state index is 0.00314. The third-order valence-electron chi connectivity index (χ3n) is 4.31. The largest absolute Gasteiger partial charge is 0.353 e. The lowest BCUT2D eigenvalue weighted by Crippen LogP contribution is -2.49. The lowest BCUT2D eigenvalue weighted by atomic mass is 9.96. The summed E-state index contributed by atoms with van der Waals surface area (Å²) in [6.45, 7) is 4.89. The first-order valence-corrected chi connectivity index (χ1v) is 6.99. The van der Waals surface area contributed by atoms with Crippen molar-refractivity contribution in [1.29, 1.82) is 0 Å². The van der Waals surface area contributed by atoms with Gasteiger partial charge in [0.25, 0.3) is 0 Å². The summed E-state index contributed by atoms with van der Waals surface area (Å²) >= 11 is 0. The summed E-state index contributed by atoms with van der Waals surface area (Å²) < 4.78 is 0. The van der Waals surface area contributed by atoms with E-state index >= 15 is 0 Å². The number of nitrogens with zero attached hydrogens (tertiary/aromatic N) is 1. The molecule has 0 aromatic heterocycles. The van der Waals surface area contributed by atoms with Gasteiger partial charge < -0.3 is 16.0 Å². The minimum Gasteiger partial charge on any atom is -0.353 e. The maximum Gasteiger partial charge on any atom is 0.224 e. The Balaban J connectivity index is 1.81. The molecule has 0 bridgehead atoms. The van der Waals surface area contributed by atoms with Gasteiger partial charge in [-0.2, -0.15) is 0 Å². The van der Waals surface area contributed by atoms with Crippen molar-refractivity contribution in [3.63, 3.8) is 0 Å². The second-order valence-corrected chi connectivity index (χ2v) is 5.40. The summed E-state index contributed by atoms with van der Waals surface area (Å²) in [5, 5.41) is 3.19. The van der Waals surface area contributed by atoms with Gasteiger partial charge in [-0.15, -0.1) is 0 Å². The highest BCUT2D eigenvalue weighted by Gasteiger charge is 2.32. The van der Waals surface area contributed by atoms with E-state index in [0.29, 0.717) is 18.6 Å². The summed E-state index contributed by atoms with van der Waals surface area (Å²) in [6, 6.07) is 1.09. The highest BCUT2D eigenvalue weighted by Crippen LogP contribution is 2.26. The monoisotopic (exact) mass is 239 g/mol. The van der Waals surface area contributed by atoms with Crippen LogP contribution in [0.3, 0.4) is 0 Å². The molecule has 4 nitrogen and oxygen atoms in total. The number of carbonyl (C=O) groups excluding carboxylic acids is 1. The summed E-state index contributed by atoms with van der Waals surface area (Å²) in [5.74, 6) is 0.156. The number of piperidine rings is 1. The number of fused-ring (bicyclic) bond motifs is 1. The predicted molar refractivity (Wildman–Crippen MR) is 68.6 cm³/mol. The maximum absolute atomic E-state index is 12.0. The van der Waals surface area contributed by atoms with Gasteiger partial charge in [-0.3, -0.25) is 4.79 Å². The van der Waals surface area contributed by atoms with Crippen LogP contribution < -0.4 is 11.1 Å². The molecular formula is C13H25N3O. The molecule has 0 spiro atoms. The third-order valence-corrected chi connectivity index (χ3v) is 4.31. The number of carbonyl (C=O) groups is 1. The molecule has 2 fully saturated rings. The molecule has 2 heterocycles. The molecule has 0 radical (unpaired) electrons. The molecule has 4 heteroatoms.